The number of benzene rings is 2. The first-order valence-electron chi connectivity index (χ1n) is 6.36. The number of nitrogens with one attached hydrogen (secondary N) is 1. The van der Waals surface area contributed by atoms with Crippen molar-refractivity contribution in [1.82, 2.24) is 0 Å². The summed E-state index contributed by atoms with van der Waals surface area (Å²) in [4.78, 5) is 0. The maximum Gasteiger partial charge on any atom is 0.138 e. The molecule has 0 spiro atoms. The van der Waals surface area contributed by atoms with Gasteiger partial charge < -0.3 is 9.83 Å². The van der Waals surface area contributed by atoms with Crippen molar-refractivity contribution in [3.63, 3.8) is 0 Å². The molecule has 0 amide bonds. The number of furan rings is 1. The predicted octanol–water partition coefficient (Wildman–Crippen LogP) is 4.72. The standard InChI is InChI=1S/C17H15NO/c1-12(18)6-4-7-13-8-5-10-15-14-9-2-3-11-16(14)19-17(13)15/h2-6,8-11,18H,7H2,1H3/b6-4-,18-12?. The van der Waals surface area contributed by atoms with Gasteiger partial charge in [-0.3, -0.25) is 0 Å². The molecule has 0 bridgehead atoms. The lowest BCUT2D eigenvalue weighted by Gasteiger charge is -1.97. The minimum Gasteiger partial charge on any atom is -0.456 e. The molecule has 3 rings (SSSR count). The highest BCUT2D eigenvalue weighted by atomic mass is 16.3. The molecular weight excluding hydrogens is 234 g/mol. The van der Waals surface area contributed by atoms with E-state index in [9.17, 15) is 0 Å². The Morgan fingerprint density at radius 1 is 1.11 bits per heavy atom. The molecule has 1 N–H and O–H groups in total. The number of rotatable bonds is 3. The predicted molar refractivity (Wildman–Crippen MR) is 80.0 cm³/mol. The van der Waals surface area contributed by atoms with Crippen LogP contribution >= 0.6 is 0 Å². The molecule has 1 aromatic heterocycles. The smallest absolute Gasteiger partial charge is 0.138 e. The molecule has 19 heavy (non-hydrogen) atoms. The summed E-state index contributed by atoms with van der Waals surface area (Å²) < 4.78 is 5.95. The fraction of sp³-hybridized carbons (Fsp3) is 0.118. The third kappa shape index (κ3) is 2.17. The molecule has 0 aliphatic rings. The van der Waals surface area contributed by atoms with Crippen LogP contribution in [0.4, 0.5) is 0 Å². The van der Waals surface area contributed by atoms with E-state index in [0.29, 0.717) is 5.71 Å². The third-order valence-electron chi connectivity index (χ3n) is 3.19. The normalized spacial score (nSPS) is 11.6. The molecule has 0 saturated carbocycles. The van der Waals surface area contributed by atoms with Gasteiger partial charge >= 0.3 is 0 Å². The second-order valence-corrected chi connectivity index (χ2v) is 4.68. The Hall–Kier alpha value is -2.35. The Labute approximate surface area is 111 Å². The van der Waals surface area contributed by atoms with Crippen molar-refractivity contribution in [2.75, 3.05) is 0 Å². The summed E-state index contributed by atoms with van der Waals surface area (Å²) in [5.41, 5.74) is 3.61. The first-order valence-corrected chi connectivity index (χ1v) is 6.36. The highest BCUT2D eigenvalue weighted by Gasteiger charge is 2.08. The van der Waals surface area contributed by atoms with Gasteiger partial charge in [0.2, 0.25) is 0 Å². The second kappa shape index (κ2) is 4.73. The number of fused-ring (bicyclic) bond motifs is 3. The van der Waals surface area contributed by atoms with Gasteiger partial charge in [-0.05, 0) is 31.1 Å². The highest BCUT2D eigenvalue weighted by molar-refractivity contribution is 6.05. The van der Waals surface area contributed by atoms with Crippen LogP contribution in [-0.4, -0.2) is 5.71 Å². The van der Waals surface area contributed by atoms with Gasteiger partial charge in [-0.2, -0.15) is 0 Å². The van der Waals surface area contributed by atoms with Gasteiger partial charge in [0.25, 0.3) is 0 Å². The van der Waals surface area contributed by atoms with Crippen molar-refractivity contribution in [2.45, 2.75) is 13.3 Å². The summed E-state index contributed by atoms with van der Waals surface area (Å²) in [5, 5.41) is 9.72. The Morgan fingerprint density at radius 2 is 1.89 bits per heavy atom. The number of para-hydroxylation sites is 2. The van der Waals surface area contributed by atoms with E-state index >= 15 is 0 Å². The summed E-state index contributed by atoms with van der Waals surface area (Å²) >= 11 is 0. The summed E-state index contributed by atoms with van der Waals surface area (Å²) in [7, 11) is 0. The molecule has 0 aliphatic carbocycles. The highest BCUT2D eigenvalue weighted by Crippen LogP contribution is 2.30. The van der Waals surface area contributed by atoms with E-state index in [4.69, 9.17) is 9.83 Å². The zero-order valence-corrected chi connectivity index (χ0v) is 10.8. The fourth-order valence-corrected chi connectivity index (χ4v) is 2.33. The van der Waals surface area contributed by atoms with Gasteiger partial charge in [-0.15, -0.1) is 0 Å². The lowest BCUT2D eigenvalue weighted by Crippen LogP contribution is -1.84. The first kappa shape index (κ1) is 11.7. The molecule has 2 aromatic carbocycles. The summed E-state index contributed by atoms with van der Waals surface area (Å²) in [6.45, 7) is 1.78. The minimum atomic E-state index is 0.566. The molecular formula is C17H15NO. The van der Waals surface area contributed by atoms with Gasteiger partial charge in [0.15, 0.2) is 0 Å². The van der Waals surface area contributed by atoms with Gasteiger partial charge in [-0.25, -0.2) is 0 Å². The van der Waals surface area contributed by atoms with E-state index in [1.807, 2.05) is 30.4 Å². The first-order chi connectivity index (χ1) is 9.25. The SMILES string of the molecule is CC(=N)/C=C\Cc1cccc2c1oc1ccccc12. The van der Waals surface area contributed by atoms with Gasteiger partial charge in [0.1, 0.15) is 11.2 Å². The fourth-order valence-electron chi connectivity index (χ4n) is 2.33. The monoisotopic (exact) mass is 249 g/mol. The van der Waals surface area contributed by atoms with Crippen LogP contribution in [0.3, 0.4) is 0 Å². The van der Waals surface area contributed by atoms with Crippen molar-refractivity contribution in [2.24, 2.45) is 0 Å². The molecule has 0 atom stereocenters. The zero-order chi connectivity index (χ0) is 13.2. The average Bonchev–Trinajstić information content (AvgIpc) is 2.78. The molecule has 0 saturated heterocycles. The molecule has 94 valence electrons. The number of hydrogen-bond acceptors (Lipinski definition) is 2. The summed E-state index contributed by atoms with van der Waals surface area (Å²) in [6, 6.07) is 14.3. The van der Waals surface area contributed by atoms with E-state index in [1.165, 1.54) is 0 Å². The Kier molecular flexibility index (Phi) is 2.92. The minimum absolute atomic E-state index is 0.566. The van der Waals surface area contributed by atoms with E-state index in [2.05, 4.69) is 24.3 Å². The summed E-state index contributed by atoms with van der Waals surface area (Å²) in [6.07, 6.45) is 4.61. The second-order valence-electron chi connectivity index (χ2n) is 4.68. The van der Waals surface area contributed by atoms with Crippen LogP contribution in [0.1, 0.15) is 12.5 Å². The van der Waals surface area contributed by atoms with E-state index < -0.39 is 0 Å². The van der Waals surface area contributed by atoms with Crippen molar-refractivity contribution < 1.29 is 4.42 Å². The van der Waals surface area contributed by atoms with Crippen LogP contribution in [0.15, 0.2) is 59.0 Å². The van der Waals surface area contributed by atoms with Crippen LogP contribution in [-0.2, 0) is 6.42 Å². The average molecular weight is 249 g/mol. The largest absolute Gasteiger partial charge is 0.456 e. The Bertz CT molecular complexity index is 780. The van der Waals surface area contributed by atoms with Crippen molar-refractivity contribution in [3.05, 3.63) is 60.2 Å². The lowest BCUT2D eigenvalue weighted by atomic mass is 10.1. The third-order valence-corrected chi connectivity index (χ3v) is 3.19. The number of hydrogen-bond donors (Lipinski definition) is 1. The summed E-state index contributed by atoms with van der Waals surface area (Å²) in [5.74, 6) is 0. The maximum atomic E-state index is 7.40. The van der Waals surface area contributed by atoms with Crippen LogP contribution in [0, 0.1) is 5.41 Å². The van der Waals surface area contributed by atoms with E-state index in [1.54, 1.807) is 6.92 Å². The molecule has 2 heteroatoms. The van der Waals surface area contributed by atoms with Crippen LogP contribution in [0.5, 0.6) is 0 Å². The van der Waals surface area contributed by atoms with Crippen molar-refractivity contribution in [1.29, 1.82) is 5.41 Å². The quantitative estimate of drug-likeness (QED) is 0.670. The molecule has 1 heterocycles. The number of allylic oxidation sites excluding steroid dienone is 2. The zero-order valence-electron chi connectivity index (χ0n) is 10.8. The topological polar surface area (TPSA) is 37.0 Å². The van der Waals surface area contributed by atoms with Crippen molar-refractivity contribution in [3.8, 4) is 0 Å². The molecule has 0 fully saturated rings. The molecule has 0 radical (unpaired) electrons. The Morgan fingerprint density at radius 3 is 2.74 bits per heavy atom. The van der Waals surface area contributed by atoms with Gasteiger partial charge in [-0.1, -0.05) is 42.5 Å². The Balaban J connectivity index is 2.12. The van der Waals surface area contributed by atoms with Crippen LogP contribution < -0.4 is 0 Å². The van der Waals surface area contributed by atoms with E-state index in [0.717, 1.165) is 33.9 Å². The molecule has 2 nitrogen and oxygen atoms in total. The maximum absolute atomic E-state index is 7.40. The molecule has 0 unspecified atom stereocenters. The van der Waals surface area contributed by atoms with E-state index in [-0.39, 0.29) is 0 Å². The van der Waals surface area contributed by atoms with Crippen LogP contribution in [0.25, 0.3) is 21.9 Å². The molecule has 0 aliphatic heterocycles. The van der Waals surface area contributed by atoms with Crippen molar-refractivity contribution >= 4 is 27.7 Å². The van der Waals surface area contributed by atoms with Crippen LogP contribution in [0.2, 0.25) is 0 Å². The van der Waals surface area contributed by atoms with Gasteiger partial charge in [0, 0.05) is 16.5 Å². The van der Waals surface area contributed by atoms with Gasteiger partial charge in [0.05, 0.1) is 0 Å². The lowest BCUT2D eigenvalue weighted by molar-refractivity contribution is 0.664. The molecule has 3 aromatic rings.